The highest BCUT2D eigenvalue weighted by Crippen LogP contribution is 2.27. The number of nitriles is 1. The molecule has 0 saturated heterocycles. The van der Waals surface area contributed by atoms with E-state index in [0.29, 0.717) is 23.5 Å². The Morgan fingerprint density at radius 3 is 2.52 bits per heavy atom. The number of nitrogens with zero attached hydrogens (tertiary/aromatic N) is 4. The molecule has 9 heteroatoms. The lowest BCUT2D eigenvalue weighted by Gasteiger charge is -2.13. The Morgan fingerprint density at radius 2 is 1.85 bits per heavy atom. The highest BCUT2D eigenvalue weighted by Gasteiger charge is 2.21. The quantitative estimate of drug-likeness (QED) is 0.488. The van der Waals surface area contributed by atoms with Gasteiger partial charge in [-0.1, -0.05) is 30.3 Å². The normalized spacial score (nSPS) is 10.7. The number of nitrogens with one attached hydrogen (secondary N) is 1. The molecule has 2 heterocycles. The van der Waals surface area contributed by atoms with E-state index >= 15 is 0 Å². The molecule has 0 bridgehead atoms. The van der Waals surface area contributed by atoms with Gasteiger partial charge in [0.15, 0.2) is 0 Å². The summed E-state index contributed by atoms with van der Waals surface area (Å²) in [4.78, 5) is 25.0. The Bertz CT molecular complexity index is 1410. The Hall–Kier alpha value is -4.45. The number of carbonyl (C=O) groups is 1. The van der Waals surface area contributed by atoms with E-state index in [0.717, 1.165) is 21.5 Å². The van der Waals surface area contributed by atoms with Crippen LogP contribution in [0.5, 0.6) is 0 Å². The zero-order valence-electron chi connectivity index (χ0n) is 18.0. The number of hydrogen-bond acceptors (Lipinski definition) is 5. The van der Waals surface area contributed by atoms with Crippen molar-refractivity contribution in [1.29, 1.82) is 5.26 Å². The third-order valence-electron chi connectivity index (χ3n) is 5.37. The van der Waals surface area contributed by atoms with Crippen molar-refractivity contribution in [3.8, 4) is 17.5 Å². The molecule has 0 saturated carbocycles. The minimum Gasteiger partial charge on any atom is -0.388 e. The van der Waals surface area contributed by atoms with E-state index in [2.05, 4.69) is 16.5 Å². The van der Waals surface area contributed by atoms with Crippen LogP contribution in [0.1, 0.15) is 22.4 Å². The van der Waals surface area contributed by atoms with E-state index in [1.54, 1.807) is 0 Å². The molecular weight excluding hydrogens is 425 g/mol. The summed E-state index contributed by atoms with van der Waals surface area (Å²) in [5.74, 6) is -1.46. The van der Waals surface area contributed by atoms with E-state index in [-0.39, 0.29) is 5.89 Å². The SMILES string of the molecule is Cc1c(C#N)c(NC(=O)Cn2nc(-c3ccc(F)cc3)oc2=O)n(Cc2ccccc2)c1C. The molecule has 1 amide bonds. The third-order valence-corrected chi connectivity index (χ3v) is 5.37. The van der Waals surface area contributed by atoms with E-state index in [9.17, 15) is 19.2 Å². The van der Waals surface area contributed by atoms with Crippen molar-refractivity contribution in [3.05, 3.63) is 93.3 Å². The van der Waals surface area contributed by atoms with Crippen molar-refractivity contribution in [2.24, 2.45) is 0 Å². The largest absolute Gasteiger partial charge is 0.437 e. The van der Waals surface area contributed by atoms with Crippen LogP contribution in [0.2, 0.25) is 0 Å². The zero-order valence-corrected chi connectivity index (χ0v) is 18.0. The highest BCUT2D eigenvalue weighted by molar-refractivity contribution is 5.91. The van der Waals surface area contributed by atoms with Gasteiger partial charge in [-0.05, 0) is 49.2 Å². The number of anilines is 1. The molecule has 8 nitrogen and oxygen atoms in total. The van der Waals surface area contributed by atoms with Crippen molar-refractivity contribution in [3.63, 3.8) is 0 Å². The molecule has 4 rings (SSSR count). The van der Waals surface area contributed by atoms with E-state index in [1.807, 2.05) is 48.7 Å². The van der Waals surface area contributed by atoms with Crippen LogP contribution in [-0.4, -0.2) is 20.3 Å². The van der Waals surface area contributed by atoms with Crippen LogP contribution in [0.15, 0.2) is 63.8 Å². The van der Waals surface area contributed by atoms with E-state index < -0.39 is 24.0 Å². The van der Waals surface area contributed by atoms with Crippen molar-refractivity contribution >= 4 is 11.7 Å². The Kier molecular flexibility index (Phi) is 5.91. The molecule has 0 aliphatic rings. The first kappa shape index (κ1) is 21.8. The topological polar surface area (TPSA) is 106 Å². The predicted molar refractivity (Wildman–Crippen MR) is 119 cm³/mol. The molecule has 0 unspecified atom stereocenters. The highest BCUT2D eigenvalue weighted by atomic mass is 19.1. The molecule has 1 N–H and O–H groups in total. The number of amides is 1. The number of benzene rings is 2. The lowest BCUT2D eigenvalue weighted by molar-refractivity contribution is -0.117. The third kappa shape index (κ3) is 4.45. The second kappa shape index (κ2) is 8.96. The number of rotatable bonds is 6. The average Bonchev–Trinajstić information content (AvgIpc) is 3.27. The molecule has 0 fully saturated rings. The summed E-state index contributed by atoms with van der Waals surface area (Å²) in [6.07, 6.45) is 0. The Morgan fingerprint density at radius 1 is 1.15 bits per heavy atom. The van der Waals surface area contributed by atoms with Gasteiger partial charge in [0.2, 0.25) is 11.8 Å². The Labute approximate surface area is 188 Å². The first-order valence-corrected chi connectivity index (χ1v) is 10.1. The molecule has 2 aromatic carbocycles. The molecule has 0 aliphatic carbocycles. The van der Waals surface area contributed by atoms with Gasteiger partial charge in [-0.25, -0.2) is 9.18 Å². The lowest BCUT2D eigenvalue weighted by atomic mass is 10.2. The fraction of sp³-hybridized carbons (Fsp3) is 0.167. The van der Waals surface area contributed by atoms with Crippen LogP contribution >= 0.6 is 0 Å². The summed E-state index contributed by atoms with van der Waals surface area (Å²) >= 11 is 0. The van der Waals surface area contributed by atoms with Crippen molar-refractivity contribution in [2.45, 2.75) is 26.9 Å². The van der Waals surface area contributed by atoms with Crippen LogP contribution in [0.25, 0.3) is 11.5 Å². The van der Waals surface area contributed by atoms with Gasteiger partial charge in [-0.2, -0.15) is 9.94 Å². The Balaban J connectivity index is 1.59. The number of halogens is 1. The molecule has 0 aliphatic heterocycles. The lowest BCUT2D eigenvalue weighted by Crippen LogP contribution is -2.27. The maximum absolute atomic E-state index is 13.1. The van der Waals surface area contributed by atoms with Crippen molar-refractivity contribution in [1.82, 2.24) is 14.3 Å². The minimum absolute atomic E-state index is 0.0235. The first-order chi connectivity index (χ1) is 15.9. The average molecular weight is 445 g/mol. The summed E-state index contributed by atoms with van der Waals surface area (Å²) in [6.45, 7) is 3.75. The second-order valence-electron chi connectivity index (χ2n) is 7.50. The molecule has 2 aromatic heterocycles. The minimum atomic E-state index is -0.822. The maximum Gasteiger partial charge on any atom is 0.437 e. The van der Waals surface area contributed by atoms with Crippen LogP contribution in [-0.2, 0) is 17.9 Å². The fourth-order valence-corrected chi connectivity index (χ4v) is 3.52. The number of aromatic nitrogens is 3. The van der Waals surface area contributed by atoms with Crippen LogP contribution in [0, 0.1) is 31.0 Å². The molecule has 166 valence electrons. The van der Waals surface area contributed by atoms with Gasteiger partial charge in [0.25, 0.3) is 0 Å². The van der Waals surface area contributed by atoms with Crippen LogP contribution in [0.4, 0.5) is 10.2 Å². The zero-order chi connectivity index (χ0) is 23.5. The van der Waals surface area contributed by atoms with Crippen molar-refractivity contribution < 1.29 is 13.6 Å². The predicted octanol–water partition coefficient (Wildman–Crippen LogP) is 3.62. The molecule has 0 radical (unpaired) electrons. The van der Waals surface area contributed by atoms with Crippen LogP contribution in [0.3, 0.4) is 0 Å². The van der Waals surface area contributed by atoms with Crippen molar-refractivity contribution in [2.75, 3.05) is 5.32 Å². The first-order valence-electron chi connectivity index (χ1n) is 10.1. The van der Waals surface area contributed by atoms with Gasteiger partial charge >= 0.3 is 5.76 Å². The van der Waals surface area contributed by atoms with Gasteiger partial charge in [-0.15, -0.1) is 5.10 Å². The second-order valence-corrected chi connectivity index (χ2v) is 7.50. The summed E-state index contributed by atoms with van der Waals surface area (Å²) in [5.41, 5.74) is 3.38. The molecule has 33 heavy (non-hydrogen) atoms. The number of hydrogen-bond donors (Lipinski definition) is 1. The van der Waals surface area contributed by atoms with Gasteiger partial charge in [0.1, 0.15) is 24.2 Å². The van der Waals surface area contributed by atoms with Gasteiger partial charge < -0.3 is 14.3 Å². The molecular formula is C24H20FN5O3. The smallest absolute Gasteiger partial charge is 0.388 e. The summed E-state index contributed by atoms with van der Waals surface area (Å²) in [5, 5.41) is 16.5. The summed E-state index contributed by atoms with van der Waals surface area (Å²) < 4.78 is 21.0. The maximum atomic E-state index is 13.1. The molecule has 0 spiro atoms. The standard InChI is InChI=1S/C24H20FN5O3/c1-15-16(2)29(13-17-6-4-3-5-7-17)22(20(15)12-26)27-21(31)14-30-24(32)33-23(28-30)18-8-10-19(25)11-9-18/h3-11H,13-14H2,1-2H3,(H,27,31). The van der Waals surface area contributed by atoms with Gasteiger partial charge in [-0.3, -0.25) is 4.79 Å². The van der Waals surface area contributed by atoms with Gasteiger partial charge in [0, 0.05) is 17.8 Å². The number of carbonyl (C=O) groups excluding carboxylic acids is 1. The van der Waals surface area contributed by atoms with E-state index in [1.165, 1.54) is 24.3 Å². The molecule has 4 aromatic rings. The fourth-order valence-electron chi connectivity index (χ4n) is 3.52. The monoisotopic (exact) mass is 445 g/mol. The van der Waals surface area contributed by atoms with Crippen LogP contribution < -0.4 is 11.1 Å². The van der Waals surface area contributed by atoms with Gasteiger partial charge in [0.05, 0.1) is 5.56 Å². The summed E-state index contributed by atoms with van der Waals surface area (Å²) in [7, 11) is 0. The molecule has 0 atom stereocenters. The van der Waals surface area contributed by atoms with E-state index in [4.69, 9.17) is 4.42 Å². The summed E-state index contributed by atoms with van der Waals surface area (Å²) in [6, 6.07) is 17.1.